The van der Waals surface area contributed by atoms with E-state index in [4.69, 9.17) is 14.3 Å². The fourth-order valence-electron chi connectivity index (χ4n) is 3.59. The highest BCUT2D eigenvalue weighted by molar-refractivity contribution is 7.90. The summed E-state index contributed by atoms with van der Waals surface area (Å²) in [5.74, 6) is -0.426. The standard InChI is InChI=1S/C25H32N2O7S/c1-25(2,3)34-24(29)27-16-19(26-32-17-18-8-6-5-7-9-18)10-15-22(27)23(28)33-20-11-13-21(14-12-20)35(4,30)31/h5-9,11-14,19,22,26H,10,15-17H2,1-4H3/t19-,22+/m1/s1. The predicted octanol–water partition coefficient (Wildman–Crippen LogP) is 3.49. The Morgan fingerprint density at radius 3 is 2.29 bits per heavy atom. The highest BCUT2D eigenvalue weighted by Crippen LogP contribution is 2.24. The van der Waals surface area contributed by atoms with E-state index in [1.807, 2.05) is 30.3 Å². The van der Waals surface area contributed by atoms with E-state index in [0.29, 0.717) is 19.4 Å². The Hall–Kier alpha value is -2.95. The zero-order valence-corrected chi connectivity index (χ0v) is 21.2. The molecule has 0 aromatic heterocycles. The first-order valence-corrected chi connectivity index (χ1v) is 13.2. The number of hydrogen-bond acceptors (Lipinski definition) is 8. The zero-order chi connectivity index (χ0) is 25.6. The number of nitrogens with one attached hydrogen (secondary N) is 1. The molecular weight excluding hydrogens is 472 g/mol. The largest absolute Gasteiger partial charge is 0.444 e. The van der Waals surface area contributed by atoms with E-state index in [0.717, 1.165) is 11.8 Å². The van der Waals surface area contributed by atoms with Gasteiger partial charge in [0, 0.05) is 12.8 Å². The smallest absolute Gasteiger partial charge is 0.411 e. The second-order valence-electron chi connectivity index (χ2n) is 9.48. The number of amides is 1. The number of hydrogen-bond donors (Lipinski definition) is 1. The van der Waals surface area contributed by atoms with Crippen molar-refractivity contribution in [2.45, 2.75) is 62.8 Å². The number of rotatable bonds is 7. The molecule has 35 heavy (non-hydrogen) atoms. The number of benzene rings is 2. The fraction of sp³-hybridized carbons (Fsp3) is 0.440. The van der Waals surface area contributed by atoms with E-state index in [2.05, 4.69) is 5.48 Å². The minimum absolute atomic E-state index is 0.120. The third-order valence-corrected chi connectivity index (χ3v) is 6.41. The lowest BCUT2D eigenvalue weighted by molar-refractivity contribution is -0.142. The van der Waals surface area contributed by atoms with Gasteiger partial charge >= 0.3 is 12.1 Å². The van der Waals surface area contributed by atoms with Gasteiger partial charge in [-0.1, -0.05) is 30.3 Å². The van der Waals surface area contributed by atoms with Crippen LogP contribution in [-0.4, -0.2) is 55.9 Å². The third-order valence-electron chi connectivity index (χ3n) is 5.28. The summed E-state index contributed by atoms with van der Waals surface area (Å²) in [5.41, 5.74) is 3.25. The van der Waals surface area contributed by atoms with Crippen LogP contribution in [0.2, 0.25) is 0 Å². The van der Waals surface area contributed by atoms with Crippen molar-refractivity contribution in [2.24, 2.45) is 0 Å². The van der Waals surface area contributed by atoms with Crippen LogP contribution in [0, 0.1) is 0 Å². The summed E-state index contributed by atoms with van der Waals surface area (Å²) >= 11 is 0. The normalized spacial score (nSPS) is 18.7. The lowest BCUT2D eigenvalue weighted by atomic mass is 9.99. The van der Waals surface area contributed by atoms with E-state index in [-0.39, 0.29) is 23.2 Å². The van der Waals surface area contributed by atoms with Gasteiger partial charge in [0.1, 0.15) is 17.4 Å². The van der Waals surface area contributed by atoms with Gasteiger partial charge in [-0.05, 0) is 63.4 Å². The van der Waals surface area contributed by atoms with Crippen LogP contribution in [0.3, 0.4) is 0 Å². The number of ether oxygens (including phenoxy) is 2. The molecule has 1 aliphatic heterocycles. The van der Waals surface area contributed by atoms with Crippen LogP contribution in [-0.2, 0) is 30.8 Å². The molecule has 0 saturated carbocycles. The number of piperidine rings is 1. The maximum absolute atomic E-state index is 13.0. The molecule has 2 aromatic rings. The predicted molar refractivity (Wildman–Crippen MR) is 129 cm³/mol. The van der Waals surface area contributed by atoms with Gasteiger partial charge < -0.3 is 9.47 Å². The molecule has 0 radical (unpaired) electrons. The first-order valence-electron chi connectivity index (χ1n) is 11.3. The van der Waals surface area contributed by atoms with Crippen molar-refractivity contribution in [3.63, 3.8) is 0 Å². The second-order valence-corrected chi connectivity index (χ2v) is 11.5. The van der Waals surface area contributed by atoms with E-state index >= 15 is 0 Å². The number of esters is 1. The molecule has 1 heterocycles. The quantitative estimate of drug-likeness (QED) is 0.347. The van der Waals surface area contributed by atoms with E-state index in [9.17, 15) is 18.0 Å². The van der Waals surface area contributed by atoms with Crippen LogP contribution >= 0.6 is 0 Å². The zero-order valence-electron chi connectivity index (χ0n) is 20.4. The summed E-state index contributed by atoms with van der Waals surface area (Å²) in [6.07, 6.45) is 1.39. The summed E-state index contributed by atoms with van der Waals surface area (Å²) in [6.45, 7) is 5.81. The van der Waals surface area contributed by atoms with E-state index in [1.165, 1.54) is 29.2 Å². The van der Waals surface area contributed by atoms with E-state index in [1.54, 1.807) is 20.8 Å². The highest BCUT2D eigenvalue weighted by Gasteiger charge is 2.39. The molecule has 0 aliphatic carbocycles. The monoisotopic (exact) mass is 504 g/mol. The summed E-state index contributed by atoms with van der Waals surface area (Å²) in [5, 5.41) is 0. The average molecular weight is 505 g/mol. The molecule has 2 aromatic carbocycles. The Balaban J connectivity index is 1.66. The van der Waals surface area contributed by atoms with Crippen LogP contribution in [0.5, 0.6) is 5.75 Å². The number of carbonyl (C=O) groups excluding carboxylic acids is 2. The van der Waals surface area contributed by atoms with Crippen LogP contribution < -0.4 is 10.2 Å². The Labute approximate surface area is 206 Å². The molecule has 0 spiro atoms. The first-order chi connectivity index (χ1) is 16.4. The van der Waals surface area contributed by atoms with Gasteiger partial charge in [-0.15, -0.1) is 0 Å². The molecule has 0 unspecified atom stereocenters. The van der Waals surface area contributed by atoms with Crippen molar-refractivity contribution in [2.75, 3.05) is 12.8 Å². The Morgan fingerprint density at radius 1 is 1.03 bits per heavy atom. The van der Waals surface area contributed by atoms with Crippen molar-refractivity contribution in [3.8, 4) is 5.75 Å². The van der Waals surface area contributed by atoms with Gasteiger partial charge in [0.25, 0.3) is 0 Å². The molecule has 1 saturated heterocycles. The van der Waals surface area contributed by atoms with Crippen molar-refractivity contribution in [1.29, 1.82) is 0 Å². The summed E-state index contributed by atoms with van der Waals surface area (Å²) in [7, 11) is -3.37. The van der Waals surface area contributed by atoms with Crippen LogP contribution in [0.15, 0.2) is 59.5 Å². The molecule has 190 valence electrons. The molecule has 1 fully saturated rings. The minimum atomic E-state index is -3.37. The summed E-state index contributed by atoms with van der Waals surface area (Å²) in [6, 6.07) is 14.2. The molecule has 1 N–H and O–H groups in total. The third kappa shape index (κ3) is 8.05. The molecule has 0 bridgehead atoms. The molecule has 2 atom stereocenters. The lowest BCUT2D eigenvalue weighted by Crippen LogP contribution is -2.57. The number of sulfone groups is 1. The average Bonchev–Trinajstić information content (AvgIpc) is 2.78. The van der Waals surface area contributed by atoms with Gasteiger partial charge in [-0.25, -0.2) is 18.0 Å². The van der Waals surface area contributed by atoms with Gasteiger partial charge in [0.2, 0.25) is 0 Å². The maximum Gasteiger partial charge on any atom is 0.411 e. The van der Waals surface area contributed by atoms with Crippen LogP contribution in [0.1, 0.15) is 39.2 Å². The van der Waals surface area contributed by atoms with E-state index < -0.39 is 33.5 Å². The van der Waals surface area contributed by atoms with Crippen molar-refractivity contribution >= 4 is 21.9 Å². The van der Waals surface area contributed by atoms with Crippen molar-refractivity contribution in [1.82, 2.24) is 10.4 Å². The highest BCUT2D eigenvalue weighted by atomic mass is 32.2. The Kier molecular flexibility index (Phi) is 8.52. The summed E-state index contributed by atoms with van der Waals surface area (Å²) < 4.78 is 34.3. The first kappa shape index (κ1) is 26.7. The van der Waals surface area contributed by atoms with Crippen molar-refractivity contribution < 1.29 is 32.3 Å². The second kappa shape index (κ2) is 11.2. The molecule has 9 nitrogen and oxygen atoms in total. The number of likely N-dealkylation sites (tertiary alicyclic amines) is 1. The molecule has 1 aliphatic rings. The molecule has 3 rings (SSSR count). The Bertz CT molecular complexity index is 1110. The molecule has 10 heteroatoms. The Morgan fingerprint density at radius 2 is 1.69 bits per heavy atom. The summed E-state index contributed by atoms with van der Waals surface area (Å²) in [4.78, 5) is 33.0. The fourth-order valence-corrected chi connectivity index (χ4v) is 4.22. The van der Waals surface area contributed by atoms with Crippen molar-refractivity contribution in [3.05, 3.63) is 60.2 Å². The van der Waals surface area contributed by atoms with Gasteiger partial charge in [-0.3, -0.25) is 9.74 Å². The van der Waals surface area contributed by atoms with Crippen LogP contribution in [0.4, 0.5) is 4.79 Å². The SMILES string of the molecule is CC(C)(C)OC(=O)N1C[C@H](NOCc2ccccc2)CC[C@H]1C(=O)Oc1ccc(S(C)(=O)=O)cc1. The topological polar surface area (TPSA) is 111 Å². The number of nitrogens with zero attached hydrogens (tertiary/aromatic N) is 1. The lowest BCUT2D eigenvalue weighted by Gasteiger charge is -2.38. The number of carbonyl (C=O) groups is 2. The number of hydroxylamine groups is 1. The van der Waals surface area contributed by atoms with Gasteiger partial charge in [0.15, 0.2) is 9.84 Å². The minimum Gasteiger partial charge on any atom is -0.444 e. The maximum atomic E-state index is 13.0. The van der Waals surface area contributed by atoms with Gasteiger partial charge in [-0.2, -0.15) is 5.48 Å². The van der Waals surface area contributed by atoms with Crippen LogP contribution in [0.25, 0.3) is 0 Å². The molecule has 1 amide bonds. The van der Waals surface area contributed by atoms with Gasteiger partial charge in [0.05, 0.1) is 17.5 Å². The molecular formula is C25H32N2O7S.